The van der Waals surface area contributed by atoms with Gasteiger partial charge < -0.3 is 10.5 Å². The molecular weight excluding hydrogens is 252 g/mol. The molecule has 0 aromatic heterocycles. The van der Waals surface area contributed by atoms with Crippen molar-refractivity contribution in [3.05, 3.63) is 35.9 Å². The number of hydrogen-bond donors (Lipinski definition) is 1. The Balaban J connectivity index is 2.31. The number of carbonyl (C=O) groups is 1. The molecule has 1 fully saturated rings. The number of esters is 1. The highest BCUT2D eigenvalue weighted by Gasteiger charge is 2.43. The average molecular weight is 276 g/mol. The fourth-order valence-corrected chi connectivity index (χ4v) is 2.95. The number of nitrogens with two attached hydrogens (primary N) is 1. The summed E-state index contributed by atoms with van der Waals surface area (Å²) in [5.74, 6) is -0.383. The number of likely N-dealkylation sites (tertiary alicyclic amines) is 1. The Labute approximate surface area is 120 Å². The van der Waals surface area contributed by atoms with Crippen LogP contribution in [0.15, 0.2) is 30.3 Å². The summed E-state index contributed by atoms with van der Waals surface area (Å²) in [5, 5.41) is 0. The minimum atomic E-state index is -1.11. The van der Waals surface area contributed by atoms with Gasteiger partial charge >= 0.3 is 5.97 Å². The van der Waals surface area contributed by atoms with Crippen molar-refractivity contribution in [3.63, 3.8) is 0 Å². The predicted octanol–water partition coefficient (Wildman–Crippen LogP) is 1.89. The van der Waals surface area contributed by atoms with Gasteiger partial charge in [-0.15, -0.1) is 0 Å². The second-order valence-corrected chi connectivity index (χ2v) is 6.17. The normalized spacial score (nSPS) is 21.4. The van der Waals surface area contributed by atoms with Crippen LogP contribution in [0.4, 0.5) is 0 Å². The number of ether oxygens (including phenoxy) is 1. The van der Waals surface area contributed by atoms with Crippen LogP contribution >= 0.6 is 0 Å². The molecule has 4 nitrogen and oxygen atoms in total. The van der Waals surface area contributed by atoms with E-state index in [1.165, 1.54) is 7.11 Å². The summed E-state index contributed by atoms with van der Waals surface area (Å²) in [5.41, 5.74) is 6.22. The van der Waals surface area contributed by atoms with E-state index in [9.17, 15) is 4.79 Å². The number of nitrogens with zero attached hydrogens (tertiary/aromatic N) is 1. The summed E-state index contributed by atoms with van der Waals surface area (Å²) in [6.07, 6.45) is 2.26. The van der Waals surface area contributed by atoms with E-state index in [0.717, 1.165) is 24.9 Å². The van der Waals surface area contributed by atoms with E-state index >= 15 is 0 Å². The van der Waals surface area contributed by atoms with Crippen molar-refractivity contribution >= 4 is 5.97 Å². The van der Waals surface area contributed by atoms with Gasteiger partial charge in [-0.3, -0.25) is 4.90 Å². The number of carbonyl (C=O) groups excluding carboxylic acids is 1. The highest BCUT2D eigenvalue weighted by atomic mass is 16.5. The lowest BCUT2D eigenvalue weighted by Crippen LogP contribution is -2.56. The van der Waals surface area contributed by atoms with Crippen molar-refractivity contribution in [2.75, 3.05) is 20.2 Å². The van der Waals surface area contributed by atoms with Gasteiger partial charge in [-0.25, -0.2) is 4.79 Å². The highest BCUT2D eigenvalue weighted by Crippen LogP contribution is 2.32. The third-order valence-corrected chi connectivity index (χ3v) is 4.35. The molecule has 0 saturated carbocycles. The summed E-state index contributed by atoms with van der Waals surface area (Å²) in [4.78, 5) is 14.5. The number of benzene rings is 1. The van der Waals surface area contributed by atoms with Crippen LogP contribution in [-0.2, 0) is 15.1 Å². The molecule has 1 aromatic rings. The second-order valence-electron chi connectivity index (χ2n) is 6.17. The molecule has 110 valence electrons. The molecular formula is C16H24N2O2. The third kappa shape index (κ3) is 2.72. The van der Waals surface area contributed by atoms with E-state index in [1.54, 1.807) is 0 Å². The molecule has 1 saturated heterocycles. The van der Waals surface area contributed by atoms with Gasteiger partial charge in [0.25, 0.3) is 0 Å². The van der Waals surface area contributed by atoms with Gasteiger partial charge in [0.2, 0.25) is 0 Å². The van der Waals surface area contributed by atoms with Gasteiger partial charge in [-0.1, -0.05) is 30.3 Å². The Morgan fingerprint density at radius 1 is 1.40 bits per heavy atom. The van der Waals surface area contributed by atoms with E-state index in [1.807, 2.05) is 30.3 Å². The monoisotopic (exact) mass is 276 g/mol. The summed E-state index contributed by atoms with van der Waals surface area (Å²) in [6.45, 7) is 5.85. The van der Waals surface area contributed by atoms with Crippen LogP contribution in [0.3, 0.4) is 0 Å². The second kappa shape index (κ2) is 5.54. The predicted molar refractivity (Wildman–Crippen MR) is 79.2 cm³/mol. The summed E-state index contributed by atoms with van der Waals surface area (Å²) in [7, 11) is 1.39. The third-order valence-electron chi connectivity index (χ3n) is 4.35. The van der Waals surface area contributed by atoms with Crippen LogP contribution in [0.25, 0.3) is 0 Å². The first-order chi connectivity index (χ1) is 9.40. The summed E-state index contributed by atoms with van der Waals surface area (Å²) < 4.78 is 4.96. The van der Waals surface area contributed by atoms with Crippen LogP contribution in [0.2, 0.25) is 0 Å². The highest BCUT2D eigenvalue weighted by molar-refractivity contribution is 5.82. The maximum atomic E-state index is 12.3. The lowest BCUT2D eigenvalue weighted by Gasteiger charge is -2.38. The quantitative estimate of drug-likeness (QED) is 0.853. The van der Waals surface area contributed by atoms with Crippen molar-refractivity contribution in [2.24, 2.45) is 5.73 Å². The van der Waals surface area contributed by atoms with Crippen LogP contribution in [0.1, 0.15) is 32.3 Å². The van der Waals surface area contributed by atoms with Crippen LogP contribution in [0.5, 0.6) is 0 Å². The fraction of sp³-hybridized carbons (Fsp3) is 0.562. The van der Waals surface area contributed by atoms with Crippen molar-refractivity contribution in [3.8, 4) is 0 Å². The Morgan fingerprint density at radius 2 is 2.05 bits per heavy atom. The van der Waals surface area contributed by atoms with Crippen LogP contribution < -0.4 is 5.73 Å². The van der Waals surface area contributed by atoms with Crippen molar-refractivity contribution in [1.82, 2.24) is 4.90 Å². The zero-order valence-electron chi connectivity index (χ0n) is 12.6. The molecule has 1 aromatic carbocycles. The van der Waals surface area contributed by atoms with Gasteiger partial charge in [0.15, 0.2) is 5.54 Å². The summed E-state index contributed by atoms with van der Waals surface area (Å²) >= 11 is 0. The molecule has 2 rings (SSSR count). The average Bonchev–Trinajstić information content (AvgIpc) is 2.77. The standard InChI is InChI=1S/C16H24N2O2/c1-15(2)10-7-11-18(15)12-16(17,14(19)20-3)13-8-5-4-6-9-13/h4-6,8-9H,7,10-12,17H2,1-3H3. The van der Waals surface area contributed by atoms with Gasteiger partial charge in [0, 0.05) is 12.1 Å². The van der Waals surface area contributed by atoms with E-state index in [0.29, 0.717) is 6.54 Å². The Hall–Kier alpha value is -1.39. The van der Waals surface area contributed by atoms with E-state index in [4.69, 9.17) is 10.5 Å². The summed E-state index contributed by atoms with van der Waals surface area (Å²) in [6, 6.07) is 9.49. The molecule has 1 aliphatic heterocycles. The fourth-order valence-electron chi connectivity index (χ4n) is 2.95. The first kappa shape index (κ1) is 15.0. The zero-order valence-corrected chi connectivity index (χ0v) is 12.6. The van der Waals surface area contributed by atoms with Crippen LogP contribution in [-0.4, -0.2) is 36.6 Å². The number of hydrogen-bond acceptors (Lipinski definition) is 4. The molecule has 1 unspecified atom stereocenters. The minimum Gasteiger partial charge on any atom is -0.467 e. The first-order valence-electron chi connectivity index (χ1n) is 7.08. The van der Waals surface area contributed by atoms with Gasteiger partial charge in [0.05, 0.1) is 7.11 Å². The molecule has 0 radical (unpaired) electrons. The Bertz CT molecular complexity index is 473. The molecule has 0 bridgehead atoms. The first-order valence-corrected chi connectivity index (χ1v) is 7.08. The molecule has 0 spiro atoms. The van der Waals surface area contributed by atoms with Gasteiger partial charge in [-0.2, -0.15) is 0 Å². The SMILES string of the molecule is COC(=O)C(N)(CN1CCCC1(C)C)c1ccccc1. The van der Waals surface area contributed by atoms with Crippen molar-refractivity contribution in [2.45, 2.75) is 37.8 Å². The molecule has 1 aliphatic rings. The number of rotatable bonds is 4. The molecule has 20 heavy (non-hydrogen) atoms. The largest absolute Gasteiger partial charge is 0.467 e. The lowest BCUT2D eigenvalue weighted by atomic mass is 9.89. The maximum Gasteiger partial charge on any atom is 0.331 e. The van der Waals surface area contributed by atoms with Crippen molar-refractivity contribution in [1.29, 1.82) is 0 Å². The van der Waals surface area contributed by atoms with E-state index in [2.05, 4.69) is 18.7 Å². The minimum absolute atomic E-state index is 0.0768. The maximum absolute atomic E-state index is 12.3. The smallest absolute Gasteiger partial charge is 0.331 e. The van der Waals surface area contributed by atoms with Crippen LogP contribution in [0, 0.1) is 0 Å². The van der Waals surface area contributed by atoms with Gasteiger partial charge in [-0.05, 0) is 38.8 Å². The van der Waals surface area contributed by atoms with Gasteiger partial charge in [0.1, 0.15) is 0 Å². The molecule has 1 atom stereocenters. The van der Waals surface area contributed by atoms with Crippen molar-refractivity contribution < 1.29 is 9.53 Å². The topological polar surface area (TPSA) is 55.6 Å². The molecule has 0 amide bonds. The molecule has 4 heteroatoms. The molecule has 2 N–H and O–H groups in total. The number of methoxy groups -OCH3 is 1. The Morgan fingerprint density at radius 3 is 2.55 bits per heavy atom. The molecule has 0 aliphatic carbocycles. The lowest BCUT2D eigenvalue weighted by molar-refractivity contribution is -0.148. The zero-order chi connectivity index (χ0) is 14.8. The van der Waals surface area contributed by atoms with E-state index < -0.39 is 5.54 Å². The Kier molecular flexibility index (Phi) is 4.16. The van der Waals surface area contributed by atoms with E-state index in [-0.39, 0.29) is 11.5 Å². The molecule has 1 heterocycles.